The predicted molar refractivity (Wildman–Crippen MR) is 70.8 cm³/mol. The maximum absolute atomic E-state index is 13.8. The second kappa shape index (κ2) is 5.66. The van der Waals surface area contributed by atoms with Crippen molar-refractivity contribution in [2.24, 2.45) is 0 Å². The highest BCUT2D eigenvalue weighted by Gasteiger charge is 2.40. The molecule has 1 aromatic rings. The minimum absolute atomic E-state index is 0.178. The van der Waals surface area contributed by atoms with Gasteiger partial charge in [0.05, 0.1) is 11.3 Å². The summed E-state index contributed by atoms with van der Waals surface area (Å²) < 4.78 is 27.4. The maximum atomic E-state index is 13.8. The summed E-state index contributed by atoms with van der Waals surface area (Å²) in [5.41, 5.74) is -0.684. The molecule has 1 amide bonds. The van der Waals surface area contributed by atoms with Crippen molar-refractivity contribution in [3.8, 4) is 0 Å². The van der Waals surface area contributed by atoms with Crippen LogP contribution in [0.5, 0.6) is 0 Å². The number of rotatable bonds is 5. The van der Waals surface area contributed by atoms with E-state index >= 15 is 0 Å². The molecule has 0 atom stereocenters. The Kier molecular flexibility index (Phi) is 4.13. The molecule has 0 radical (unpaired) electrons. The van der Waals surface area contributed by atoms with E-state index in [-0.39, 0.29) is 12.2 Å². The molecule has 2 rings (SSSR count). The number of ketones is 1. The van der Waals surface area contributed by atoms with Crippen LogP contribution in [-0.2, 0) is 4.79 Å². The third-order valence-electron chi connectivity index (χ3n) is 3.13. The Morgan fingerprint density at radius 1 is 1.20 bits per heavy atom. The second-order valence-corrected chi connectivity index (χ2v) is 5.00. The lowest BCUT2D eigenvalue weighted by Gasteiger charge is -2.17. The smallest absolute Gasteiger partial charge is 0.299 e. The fraction of sp³-hybridized carbons (Fsp3) is 0.429. The van der Waals surface area contributed by atoms with Gasteiger partial charge in [-0.25, -0.2) is 8.78 Å². The number of nitrogens with one attached hydrogen (secondary N) is 1. The summed E-state index contributed by atoms with van der Waals surface area (Å²) in [6.07, 6.45) is 0.548. The Morgan fingerprint density at radius 2 is 1.85 bits per heavy atom. The maximum Gasteiger partial charge on any atom is 0.299 e. The van der Waals surface area contributed by atoms with Crippen LogP contribution in [-0.4, -0.2) is 30.8 Å². The molecule has 0 fully saturated rings. The molecule has 0 saturated heterocycles. The first-order chi connectivity index (χ1) is 9.43. The lowest BCUT2D eigenvalue weighted by Crippen LogP contribution is -2.33. The predicted octanol–water partition coefficient (Wildman–Crippen LogP) is 1.88. The molecule has 1 aliphatic heterocycles. The van der Waals surface area contributed by atoms with Crippen LogP contribution < -0.4 is 10.2 Å². The third-order valence-corrected chi connectivity index (χ3v) is 3.13. The zero-order chi connectivity index (χ0) is 14.9. The largest absolute Gasteiger partial charge is 0.314 e. The van der Waals surface area contributed by atoms with Crippen molar-refractivity contribution in [1.29, 1.82) is 0 Å². The number of fused-ring (bicyclic) bond motifs is 1. The van der Waals surface area contributed by atoms with Gasteiger partial charge in [0.15, 0.2) is 0 Å². The molecule has 1 N–H and O–H groups in total. The molecule has 0 aliphatic carbocycles. The van der Waals surface area contributed by atoms with Crippen LogP contribution in [0.4, 0.5) is 14.5 Å². The van der Waals surface area contributed by atoms with Crippen LogP contribution in [0.25, 0.3) is 0 Å². The molecule has 6 heteroatoms. The van der Waals surface area contributed by atoms with Gasteiger partial charge in [0.2, 0.25) is 0 Å². The molecule has 0 saturated carbocycles. The monoisotopic (exact) mass is 282 g/mol. The summed E-state index contributed by atoms with van der Waals surface area (Å²) in [7, 11) is 0. The van der Waals surface area contributed by atoms with Crippen molar-refractivity contribution in [3.63, 3.8) is 0 Å². The number of hydrogen-bond acceptors (Lipinski definition) is 3. The number of nitrogens with zero attached hydrogens (tertiary/aromatic N) is 1. The summed E-state index contributed by atoms with van der Waals surface area (Å²) in [6.45, 7) is 4.77. The van der Waals surface area contributed by atoms with E-state index < -0.39 is 28.9 Å². The molecule has 4 nitrogen and oxygen atoms in total. The van der Waals surface area contributed by atoms with E-state index in [9.17, 15) is 18.4 Å². The summed E-state index contributed by atoms with van der Waals surface area (Å²) in [4.78, 5) is 24.6. The highest BCUT2D eigenvalue weighted by Crippen LogP contribution is 2.33. The van der Waals surface area contributed by atoms with E-state index in [1.54, 1.807) is 0 Å². The number of amides is 1. The van der Waals surface area contributed by atoms with Crippen molar-refractivity contribution in [2.45, 2.75) is 26.3 Å². The Labute approximate surface area is 115 Å². The molecule has 1 aliphatic rings. The molecule has 0 bridgehead atoms. The summed E-state index contributed by atoms with van der Waals surface area (Å²) in [5, 5.41) is 3.15. The van der Waals surface area contributed by atoms with Crippen LogP contribution in [0.1, 0.15) is 30.6 Å². The van der Waals surface area contributed by atoms with Crippen molar-refractivity contribution in [1.82, 2.24) is 5.32 Å². The number of anilines is 1. The topological polar surface area (TPSA) is 49.4 Å². The minimum Gasteiger partial charge on any atom is -0.314 e. The van der Waals surface area contributed by atoms with Crippen molar-refractivity contribution >= 4 is 17.4 Å². The highest BCUT2D eigenvalue weighted by molar-refractivity contribution is 6.52. The van der Waals surface area contributed by atoms with Gasteiger partial charge in [0.1, 0.15) is 11.6 Å². The zero-order valence-corrected chi connectivity index (χ0v) is 11.4. The van der Waals surface area contributed by atoms with E-state index in [1.165, 1.54) is 0 Å². The molecule has 0 spiro atoms. The van der Waals surface area contributed by atoms with Gasteiger partial charge in [-0.15, -0.1) is 0 Å². The first-order valence-corrected chi connectivity index (χ1v) is 6.51. The van der Waals surface area contributed by atoms with Crippen LogP contribution in [0.15, 0.2) is 12.1 Å². The molecular weight excluding hydrogens is 266 g/mol. The first-order valence-electron chi connectivity index (χ1n) is 6.51. The molecule has 0 aromatic heterocycles. The van der Waals surface area contributed by atoms with Gasteiger partial charge in [0.25, 0.3) is 11.7 Å². The number of halogens is 2. The summed E-state index contributed by atoms with van der Waals surface area (Å²) in [6, 6.07) is 2.09. The number of benzene rings is 1. The van der Waals surface area contributed by atoms with Crippen molar-refractivity contribution in [2.75, 3.05) is 18.0 Å². The van der Waals surface area contributed by atoms with Gasteiger partial charge in [-0.2, -0.15) is 0 Å². The summed E-state index contributed by atoms with van der Waals surface area (Å²) in [5.74, 6) is -3.46. The van der Waals surface area contributed by atoms with Crippen LogP contribution in [0, 0.1) is 11.6 Å². The average molecular weight is 282 g/mol. The van der Waals surface area contributed by atoms with E-state index in [0.29, 0.717) is 19.0 Å². The number of carbonyl (C=O) groups is 2. The van der Waals surface area contributed by atoms with Gasteiger partial charge >= 0.3 is 0 Å². The number of Topliss-reactive ketones (excluding diaryl/α,β-unsaturated/α-hetero) is 1. The molecule has 0 unspecified atom stereocenters. The Bertz CT molecular complexity index is 558. The third kappa shape index (κ3) is 2.56. The fourth-order valence-corrected chi connectivity index (χ4v) is 2.19. The van der Waals surface area contributed by atoms with Crippen LogP contribution in [0.3, 0.4) is 0 Å². The van der Waals surface area contributed by atoms with Gasteiger partial charge in [0, 0.05) is 12.6 Å². The van der Waals surface area contributed by atoms with E-state index in [2.05, 4.69) is 5.32 Å². The molecule has 20 heavy (non-hydrogen) atoms. The van der Waals surface area contributed by atoms with Gasteiger partial charge in [-0.3, -0.25) is 9.59 Å². The van der Waals surface area contributed by atoms with E-state index in [4.69, 9.17) is 0 Å². The number of carbonyl (C=O) groups excluding carboxylic acids is 2. The fourth-order valence-electron chi connectivity index (χ4n) is 2.19. The van der Waals surface area contributed by atoms with Gasteiger partial charge in [-0.1, -0.05) is 13.8 Å². The lowest BCUT2D eigenvalue weighted by molar-refractivity contribution is -0.114. The van der Waals surface area contributed by atoms with Crippen molar-refractivity contribution in [3.05, 3.63) is 29.3 Å². The van der Waals surface area contributed by atoms with E-state index in [0.717, 1.165) is 17.0 Å². The molecule has 1 heterocycles. The molecular formula is C14H16F2N2O2. The van der Waals surface area contributed by atoms with Crippen LogP contribution >= 0.6 is 0 Å². The minimum atomic E-state index is -0.978. The first kappa shape index (κ1) is 14.6. The van der Waals surface area contributed by atoms with Gasteiger partial charge < -0.3 is 10.2 Å². The highest BCUT2D eigenvalue weighted by atomic mass is 19.1. The number of hydrogen-bond donors (Lipinski definition) is 1. The SMILES string of the molecule is CC(C)NCCCN1C(=O)C(=O)c2c(F)ccc(F)c21. The summed E-state index contributed by atoms with van der Waals surface area (Å²) >= 11 is 0. The Balaban J connectivity index is 2.18. The normalized spacial score (nSPS) is 14.3. The van der Waals surface area contributed by atoms with Crippen molar-refractivity contribution < 1.29 is 18.4 Å². The van der Waals surface area contributed by atoms with Crippen LogP contribution in [0.2, 0.25) is 0 Å². The standard InChI is InChI=1S/C14H16F2N2O2/c1-8(2)17-6-3-7-18-12-10(16)5-4-9(15)11(12)13(19)14(18)20/h4-5,8,17H,3,6-7H2,1-2H3. The molecule has 108 valence electrons. The lowest BCUT2D eigenvalue weighted by atomic mass is 10.1. The molecule has 1 aromatic carbocycles. The average Bonchev–Trinajstić information content (AvgIpc) is 2.64. The van der Waals surface area contributed by atoms with Gasteiger partial charge in [-0.05, 0) is 25.1 Å². The second-order valence-electron chi connectivity index (χ2n) is 5.00. The quantitative estimate of drug-likeness (QED) is 0.662. The Hall–Kier alpha value is -1.82. The van der Waals surface area contributed by atoms with E-state index in [1.807, 2.05) is 13.8 Å². The Morgan fingerprint density at radius 3 is 2.50 bits per heavy atom. The zero-order valence-electron chi connectivity index (χ0n) is 11.4.